The summed E-state index contributed by atoms with van der Waals surface area (Å²) in [6.45, 7) is 0. The van der Waals surface area contributed by atoms with E-state index in [0.29, 0.717) is 22.0 Å². The van der Waals surface area contributed by atoms with Crippen molar-refractivity contribution >= 4 is 34.5 Å². The molecule has 0 aliphatic carbocycles. The van der Waals surface area contributed by atoms with Crippen molar-refractivity contribution in [1.29, 1.82) is 0 Å². The lowest BCUT2D eigenvalue weighted by Crippen LogP contribution is -2.13. The van der Waals surface area contributed by atoms with Crippen LogP contribution in [0.2, 0.25) is 5.02 Å². The van der Waals surface area contributed by atoms with Crippen LogP contribution in [-0.4, -0.2) is 10.9 Å². The number of carbonyl (C=O) groups is 1. The zero-order valence-corrected chi connectivity index (χ0v) is 12.5. The van der Waals surface area contributed by atoms with Crippen molar-refractivity contribution in [2.24, 2.45) is 0 Å². The fourth-order valence-electron chi connectivity index (χ4n) is 1.95. The molecule has 0 radical (unpaired) electrons. The third-order valence-electron chi connectivity index (χ3n) is 2.93. The number of rotatable bonds is 3. The fourth-order valence-corrected chi connectivity index (χ4v) is 2.87. The predicted octanol–water partition coefficient (Wildman–Crippen LogP) is 4.72. The van der Waals surface area contributed by atoms with Gasteiger partial charge in [-0.25, -0.2) is 0 Å². The number of carbonyl (C=O) groups excluding carboxylic acids is 1. The largest absolute Gasteiger partial charge is 0.321 e. The maximum atomic E-state index is 12.5. The Hall–Kier alpha value is -2.17. The zero-order valence-electron chi connectivity index (χ0n) is 10.9. The molecule has 0 atom stereocenters. The molecule has 0 bridgehead atoms. The van der Waals surface area contributed by atoms with Gasteiger partial charge in [-0.05, 0) is 35.7 Å². The normalized spacial score (nSPS) is 10.3. The summed E-state index contributed by atoms with van der Waals surface area (Å²) in [5, 5.41) is 5.29. The monoisotopic (exact) mass is 314 g/mol. The average molecular weight is 315 g/mol. The molecule has 21 heavy (non-hydrogen) atoms. The second-order valence-electron chi connectivity index (χ2n) is 4.31. The summed E-state index contributed by atoms with van der Waals surface area (Å²) in [5.74, 6) is -0.223. The van der Waals surface area contributed by atoms with Gasteiger partial charge in [0.2, 0.25) is 0 Å². The Bertz CT molecular complexity index is 771. The Kier molecular flexibility index (Phi) is 3.99. The third-order valence-corrected chi connectivity index (χ3v) is 4.14. The molecule has 104 valence electrons. The molecule has 0 aliphatic heterocycles. The van der Waals surface area contributed by atoms with E-state index in [1.165, 1.54) is 0 Å². The van der Waals surface area contributed by atoms with Gasteiger partial charge in [-0.3, -0.25) is 9.78 Å². The van der Waals surface area contributed by atoms with E-state index in [0.717, 1.165) is 4.88 Å². The van der Waals surface area contributed by atoms with E-state index < -0.39 is 0 Å². The van der Waals surface area contributed by atoms with Gasteiger partial charge in [0, 0.05) is 6.20 Å². The first-order valence-corrected chi connectivity index (χ1v) is 7.56. The number of hydrogen-bond donors (Lipinski definition) is 1. The molecule has 3 nitrogen and oxygen atoms in total. The molecule has 0 spiro atoms. The van der Waals surface area contributed by atoms with Crippen LogP contribution in [0.3, 0.4) is 0 Å². The number of aromatic nitrogens is 1. The molecule has 1 aromatic carbocycles. The highest BCUT2D eigenvalue weighted by atomic mass is 35.5. The number of amides is 1. The molecule has 2 heterocycles. The van der Waals surface area contributed by atoms with Crippen LogP contribution in [0.4, 0.5) is 5.69 Å². The highest BCUT2D eigenvalue weighted by Gasteiger charge is 2.15. The fraction of sp³-hybridized carbons (Fsp3) is 0. The number of thiophene rings is 1. The van der Waals surface area contributed by atoms with Crippen molar-refractivity contribution in [3.05, 3.63) is 70.7 Å². The van der Waals surface area contributed by atoms with Gasteiger partial charge >= 0.3 is 0 Å². The molecule has 2 aromatic heterocycles. The molecule has 0 fully saturated rings. The van der Waals surface area contributed by atoms with Crippen LogP contribution in [-0.2, 0) is 0 Å². The SMILES string of the molecule is O=C(Nc1ccccc1Cl)c1cccnc1-c1cccs1. The number of anilines is 1. The molecule has 1 N–H and O–H groups in total. The smallest absolute Gasteiger partial charge is 0.257 e. The molecule has 0 saturated heterocycles. The first-order valence-electron chi connectivity index (χ1n) is 6.30. The number of halogens is 1. The van der Waals surface area contributed by atoms with Crippen LogP contribution < -0.4 is 5.32 Å². The molecular weight excluding hydrogens is 304 g/mol. The lowest BCUT2D eigenvalue weighted by Gasteiger charge is -2.09. The highest BCUT2D eigenvalue weighted by molar-refractivity contribution is 7.13. The summed E-state index contributed by atoms with van der Waals surface area (Å²) < 4.78 is 0. The van der Waals surface area contributed by atoms with E-state index >= 15 is 0 Å². The lowest BCUT2D eigenvalue weighted by molar-refractivity contribution is 0.102. The maximum absolute atomic E-state index is 12.5. The summed E-state index contributed by atoms with van der Waals surface area (Å²) in [7, 11) is 0. The van der Waals surface area contributed by atoms with Crippen molar-refractivity contribution in [2.45, 2.75) is 0 Å². The second-order valence-corrected chi connectivity index (χ2v) is 5.67. The van der Waals surface area contributed by atoms with Crippen LogP contribution >= 0.6 is 22.9 Å². The average Bonchev–Trinajstić information content (AvgIpc) is 3.04. The number of benzene rings is 1. The summed E-state index contributed by atoms with van der Waals surface area (Å²) in [5.41, 5.74) is 1.79. The van der Waals surface area contributed by atoms with Crippen molar-refractivity contribution in [3.8, 4) is 10.6 Å². The van der Waals surface area contributed by atoms with Crippen LogP contribution in [0.25, 0.3) is 10.6 Å². The summed E-state index contributed by atoms with van der Waals surface area (Å²) in [6, 6.07) is 14.5. The molecule has 0 aliphatic rings. The van der Waals surface area contributed by atoms with Gasteiger partial charge in [0.15, 0.2) is 0 Å². The van der Waals surface area contributed by atoms with Gasteiger partial charge in [0.1, 0.15) is 0 Å². The highest BCUT2D eigenvalue weighted by Crippen LogP contribution is 2.27. The first-order chi connectivity index (χ1) is 10.3. The Morgan fingerprint density at radius 1 is 1.10 bits per heavy atom. The van der Waals surface area contributed by atoms with Gasteiger partial charge in [-0.2, -0.15) is 0 Å². The van der Waals surface area contributed by atoms with Crippen LogP contribution in [0.5, 0.6) is 0 Å². The Morgan fingerprint density at radius 2 is 1.95 bits per heavy atom. The Labute approximate surface area is 131 Å². The van der Waals surface area contributed by atoms with Crippen LogP contribution in [0.15, 0.2) is 60.1 Å². The summed E-state index contributed by atoms with van der Waals surface area (Å²) in [6.07, 6.45) is 1.68. The van der Waals surface area contributed by atoms with Crippen molar-refractivity contribution in [3.63, 3.8) is 0 Å². The van der Waals surface area contributed by atoms with Gasteiger partial charge in [-0.1, -0.05) is 29.8 Å². The van der Waals surface area contributed by atoms with E-state index in [-0.39, 0.29) is 5.91 Å². The van der Waals surface area contributed by atoms with E-state index in [1.54, 1.807) is 41.8 Å². The standard InChI is InChI=1S/C16H11ClN2OS/c17-12-6-1-2-7-13(12)19-16(20)11-5-3-9-18-15(11)14-8-4-10-21-14/h1-10H,(H,19,20). The summed E-state index contributed by atoms with van der Waals surface area (Å²) >= 11 is 7.62. The number of nitrogens with zero attached hydrogens (tertiary/aromatic N) is 1. The van der Waals surface area contributed by atoms with Gasteiger partial charge in [-0.15, -0.1) is 11.3 Å². The molecule has 3 aromatic rings. The Morgan fingerprint density at radius 3 is 2.71 bits per heavy atom. The molecule has 0 saturated carbocycles. The molecule has 3 rings (SSSR count). The molecular formula is C16H11ClN2OS. The molecule has 5 heteroatoms. The van der Waals surface area contributed by atoms with E-state index in [2.05, 4.69) is 10.3 Å². The molecule has 0 unspecified atom stereocenters. The minimum Gasteiger partial charge on any atom is -0.321 e. The number of para-hydroxylation sites is 1. The van der Waals surface area contributed by atoms with Gasteiger partial charge in [0.25, 0.3) is 5.91 Å². The van der Waals surface area contributed by atoms with E-state index in [1.807, 2.05) is 29.6 Å². The van der Waals surface area contributed by atoms with Gasteiger partial charge in [0.05, 0.1) is 26.8 Å². The first kappa shape index (κ1) is 13.8. The maximum Gasteiger partial charge on any atom is 0.257 e. The predicted molar refractivity (Wildman–Crippen MR) is 87.0 cm³/mol. The van der Waals surface area contributed by atoms with Crippen LogP contribution in [0.1, 0.15) is 10.4 Å². The minimum absolute atomic E-state index is 0.223. The quantitative estimate of drug-likeness (QED) is 0.760. The summed E-state index contributed by atoms with van der Waals surface area (Å²) in [4.78, 5) is 17.8. The number of nitrogens with one attached hydrogen (secondary N) is 1. The third kappa shape index (κ3) is 2.96. The number of pyridine rings is 1. The Balaban J connectivity index is 1.94. The topological polar surface area (TPSA) is 42.0 Å². The van der Waals surface area contributed by atoms with E-state index in [4.69, 9.17) is 11.6 Å². The van der Waals surface area contributed by atoms with Crippen LogP contribution in [0, 0.1) is 0 Å². The van der Waals surface area contributed by atoms with Crippen molar-refractivity contribution in [1.82, 2.24) is 4.98 Å². The second kappa shape index (κ2) is 6.08. The minimum atomic E-state index is -0.223. The van der Waals surface area contributed by atoms with Gasteiger partial charge < -0.3 is 5.32 Å². The van der Waals surface area contributed by atoms with E-state index in [9.17, 15) is 4.79 Å². The van der Waals surface area contributed by atoms with Crippen molar-refractivity contribution < 1.29 is 4.79 Å². The van der Waals surface area contributed by atoms with Crippen molar-refractivity contribution in [2.75, 3.05) is 5.32 Å². The molecule has 1 amide bonds. The number of hydrogen-bond acceptors (Lipinski definition) is 3. The zero-order chi connectivity index (χ0) is 14.7. The lowest BCUT2D eigenvalue weighted by atomic mass is 10.1.